The van der Waals surface area contributed by atoms with Gasteiger partial charge in [0.25, 0.3) is 0 Å². The fourth-order valence-corrected chi connectivity index (χ4v) is 6.43. The minimum absolute atomic E-state index is 0.0279. The zero-order valence-electron chi connectivity index (χ0n) is 17.8. The van der Waals surface area contributed by atoms with Crippen LogP contribution in [0.3, 0.4) is 0 Å². The molecule has 1 unspecified atom stereocenters. The van der Waals surface area contributed by atoms with Crippen LogP contribution in [0.25, 0.3) is 10.9 Å². The Morgan fingerprint density at radius 3 is 2.61 bits per heavy atom. The molecule has 2 aliphatic heterocycles. The lowest BCUT2D eigenvalue weighted by Crippen LogP contribution is -2.42. The second-order valence-corrected chi connectivity index (χ2v) is 10.2. The fourth-order valence-electron chi connectivity index (χ4n) is 4.66. The minimum Gasteiger partial charge on any atom is -0.490 e. The van der Waals surface area contributed by atoms with Crippen molar-refractivity contribution in [3.8, 4) is 5.75 Å². The number of fused-ring (bicyclic) bond motifs is 1. The van der Waals surface area contributed by atoms with Crippen molar-refractivity contribution < 1.29 is 22.4 Å². The molecule has 0 amide bonds. The van der Waals surface area contributed by atoms with Crippen LogP contribution in [0.2, 0.25) is 0 Å². The smallest absolute Gasteiger partial charge is 0.248 e. The zero-order chi connectivity index (χ0) is 21.6. The van der Waals surface area contributed by atoms with Crippen LogP contribution in [-0.2, 0) is 14.8 Å². The van der Waals surface area contributed by atoms with Gasteiger partial charge >= 0.3 is 0 Å². The lowest BCUT2D eigenvalue weighted by molar-refractivity contribution is 0.137. The number of nitrogens with zero attached hydrogens (tertiary/aromatic N) is 3. The standard InChI is InChI=1S/C22H27N3O5S/c1-15-22(16(2)30-23-15)31(26,27)24-10-6-18(7-11-24)29-21-5-3-4-20-19(21)8-12-25(20)17-9-13-28-14-17/h3-5,8,12,17-18H,6-7,9-11,13-14H2,1-2H3. The second kappa shape index (κ2) is 7.96. The van der Waals surface area contributed by atoms with E-state index in [-0.39, 0.29) is 11.0 Å². The van der Waals surface area contributed by atoms with Crippen LogP contribution in [0, 0.1) is 13.8 Å². The molecule has 8 nitrogen and oxygen atoms in total. The average Bonchev–Trinajstić information content (AvgIpc) is 3.49. The molecule has 0 N–H and O–H groups in total. The first-order valence-electron chi connectivity index (χ1n) is 10.7. The normalized spacial score (nSPS) is 21.2. The van der Waals surface area contributed by atoms with Crippen LogP contribution in [0.5, 0.6) is 5.75 Å². The zero-order valence-corrected chi connectivity index (χ0v) is 18.6. The Kier molecular flexibility index (Phi) is 5.27. The van der Waals surface area contributed by atoms with E-state index >= 15 is 0 Å². The van der Waals surface area contributed by atoms with Gasteiger partial charge in [0.2, 0.25) is 10.0 Å². The van der Waals surface area contributed by atoms with Gasteiger partial charge in [-0.1, -0.05) is 11.2 Å². The summed E-state index contributed by atoms with van der Waals surface area (Å²) >= 11 is 0. The molecule has 0 radical (unpaired) electrons. The van der Waals surface area contributed by atoms with Crippen LogP contribution in [0.4, 0.5) is 0 Å². The molecular weight excluding hydrogens is 418 g/mol. The van der Waals surface area contributed by atoms with Crippen LogP contribution >= 0.6 is 0 Å². The number of aryl methyl sites for hydroxylation is 2. The van der Waals surface area contributed by atoms with Gasteiger partial charge in [-0.25, -0.2) is 8.42 Å². The quantitative estimate of drug-likeness (QED) is 0.598. The lowest BCUT2D eigenvalue weighted by Gasteiger charge is -2.31. The number of benzene rings is 1. The third-order valence-electron chi connectivity index (χ3n) is 6.28. The van der Waals surface area contributed by atoms with E-state index in [1.165, 1.54) is 4.31 Å². The van der Waals surface area contributed by atoms with Crippen molar-refractivity contribution in [1.29, 1.82) is 0 Å². The lowest BCUT2D eigenvalue weighted by atomic mass is 10.1. The summed E-state index contributed by atoms with van der Waals surface area (Å²) in [4.78, 5) is 0.189. The van der Waals surface area contributed by atoms with E-state index in [1.54, 1.807) is 13.8 Å². The first-order valence-corrected chi connectivity index (χ1v) is 12.2. The summed E-state index contributed by atoms with van der Waals surface area (Å²) in [7, 11) is -3.61. The third-order valence-corrected chi connectivity index (χ3v) is 8.43. The maximum atomic E-state index is 13.0. The van der Waals surface area contributed by atoms with Crippen LogP contribution in [0.15, 0.2) is 39.9 Å². The van der Waals surface area contributed by atoms with Crippen molar-refractivity contribution in [2.45, 2.75) is 50.2 Å². The molecular formula is C22H27N3O5S. The number of piperidine rings is 1. The molecule has 2 aliphatic rings. The molecule has 2 aromatic heterocycles. The van der Waals surface area contributed by atoms with Gasteiger partial charge in [0.05, 0.1) is 18.2 Å². The van der Waals surface area contributed by atoms with Crippen molar-refractivity contribution in [1.82, 2.24) is 14.0 Å². The number of hydrogen-bond donors (Lipinski definition) is 0. The van der Waals surface area contributed by atoms with Crippen molar-refractivity contribution in [2.24, 2.45) is 0 Å². The minimum atomic E-state index is -3.61. The predicted molar refractivity (Wildman–Crippen MR) is 115 cm³/mol. The molecule has 9 heteroatoms. The Hall–Kier alpha value is -2.36. The van der Waals surface area contributed by atoms with E-state index in [0.717, 1.165) is 36.3 Å². The monoisotopic (exact) mass is 445 g/mol. The highest BCUT2D eigenvalue weighted by Gasteiger charge is 2.34. The summed E-state index contributed by atoms with van der Waals surface area (Å²) in [5.41, 5.74) is 1.55. The van der Waals surface area contributed by atoms with Crippen molar-refractivity contribution in [3.05, 3.63) is 41.9 Å². The largest absolute Gasteiger partial charge is 0.490 e. The van der Waals surface area contributed by atoms with E-state index < -0.39 is 10.0 Å². The first-order chi connectivity index (χ1) is 14.9. The molecule has 0 aliphatic carbocycles. The van der Waals surface area contributed by atoms with Gasteiger partial charge in [-0.15, -0.1) is 0 Å². The summed E-state index contributed by atoms with van der Waals surface area (Å²) in [5.74, 6) is 1.18. The van der Waals surface area contributed by atoms with Crippen molar-refractivity contribution in [3.63, 3.8) is 0 Å². The number of aromatic nitrogens is 2. The van der Waals surface area contributed by atoms with E-state index in [0.29, 0.717) is 43.4 Å². The molecule has 0 spiro atoms. The third kappa shape index (κ3) is 3.64. The highest BCUT2D eigenvalue weighted by atomic mass is 32.2. The summed E-state index contributed by atoms with van der Waals surface area (Å²) in [6.07, 6.45) is 4.37. The first kappa shape index (κ1) is 20.5. The Bertz CT molecular complexity index is 1170. The fraction of sp³-hybridized carbons (Fsp3) is 0.500. The molecule has 0 saturated carbocycles. The van der Waals surface area contributed by atoms with E-state index in [2.05, 4.69) is 28.1 Å². The van der Waals surface area contributed by atoms with Gasteiger partial charge in [-0.3, -0.25) is 0 Å². The number of hydrogen-bond acceptors (Lipinski definition) is 6. The van der Waals surface area contributed by atoms with Gasteiger partial charge in [-0.2, -0.15) is 4.31 Å². The van der Waals surface area contributed by atoms with Crippen LogP contribution in [-0.4, -0.2) is 54.9 Å². The Morgan fingerprint density at radius 1 is 1.13 bits per heavy atom. The van der Waals surface area contributed by atoms with E-state index in [9.17, 15) is 8.42 Å². The highest BCUT2D eigenvalue weighted by molar-refractivity contribution is 7.89. The number of ether oxygens (including phenoxy) is 2. The number of rotatable bonds is 5. The average molecular weight is 446 g/mol. The van der Waals surface area contributed by atoms with Gasteiger partial charge in [0.1, 0.15) is 22.4 Å². The molecule has 0 bridgehead atoms. The van der Waals surface area contributed by atoms with Crippen LogP contribution in [0.1, 0.15) is 36.8 Å². The Balaban J connectivity index is 1.29. The maximum Gasteiger partial charge on any atom is 0.248 e. The van der Waals surface area contributed by atoms with Crippen LogP contribution < -0.4 is 4.74 Å². The Labute approximate surface area is 181 Å². The molecule has 1 aromatic carbocycles. The van der Waals surface area contributed by atoms with Gasteiger partial charge in [0.15, 0.2) is 5.76 Å². The second-order valence-electron chi connectivity index (χ2n) is 8.30. The van der Waals surface area contributed by atoms with Gasteiger partial charge in [0, 0.05) is 31.3 Å². The predicted octanol–water partition coefficient (Wildman–Crippen LogP) is 3.44. The van der Waals surface area contributed by atoms with Gasteiger partial charge < -0.3 is 18.6 Å². The topological polar surface area (TPSA) is 86.8 Å². The van der Waals surface area contributed by atoms with Gasteiger partial charge in [-0.05, 0) is 51.3 Å². The maximum absolute atomic E-state index is 13.0. The molecule has 166 valence electrons. The van der Waals surface area contributed by atoms with E-state index in [4.69, 9.17) is 14.0 Å². The Morgan fingerprint density at radius 2 is 1.94 bits per heavy atom. The summed E-state index contributed by atoms with van der Waals surface area (Å²) in [6, 6.07) is 8.58. The van der Waals surface area contributed by atoms with E-state index in [1.807, 2.05) is 12.1 Å². The highest BCUT2D eigenvalue weighted by Crippen LogP contribution is 2.33. The molecule has 1 atom stereocenters. The SMILES string of the molecule is Cc1noc(C)c1S(=O)(=O)N1CCC(Oc2cccc3c2ccn3C2CCOC2)CC1. The molecule has 2 saturated heterocycles. The molecule has 31 heavy (non-hydrogen) atoms. The summed E-state index contributed by atoms with van der Waals surface area (Å²) in [5, 5.41) is 4.88. The molecule has 4 heterocycles. The number of sulfonamides is 1. The van der Waals surface area contributed by atoms with Crippen molar-refractivity contribution in [2.75, 3.05) is 26.3 Å². The molecule has 2 fully saturated rings. The molecule has 5 rings (SSSR count). The summed E-state index contributed by atoms with van der Waals surface area (Å²) < 4.78 is 46.8. The van der Waals surface area contributed by atoms with Crippen molar-refractivity contribution >= 4 is 20.9 Å². The summed E-state index contributed by atoms with van der Waals surface area (Å²) in [6.45, 7) is 5.65. The molecule has 3 aromatic rings.